The number of carbonyl (C=O) groups excluding carboxylic acids is 1. The van der Waals surface area contributed by atoms with Gasteiger partial charge in [-0.25, -0.2) is 19.7 Å². The Kier molecular flexibility index (Phi) is 6.12. The third kappa shape index (κ3) is 5.11. The predicted molar refractivity (Wildman–Crippen MR) is 121 cm³/mol. The SMILES string of the molecule is COc1cc(NC(=O)Nc2ccc(Nc3cc(-n4ccnc4)ncn3)cc2)cc(OC)c1. The summed E-state index contributed by atoms with van der Waals surface area (Å²) in [5.74, 6) is 2.49. The van der Waals surface area contributed by atoms with E-state index in [9.17, 15) is 4.79 Å². The minimum absolute atomic E-state index is 0.387. The second kappa shape index (κ2) is 9.47. The number of amides is 2. The molecule has 2 aromatic heterocycles. The van der Waals surface area contributed by atoms with E-state index >= 15 is 0 Å². The molecule has 0 aliphatic carbocycles. The van der Waals surface area contributed by atoms with Gasteiger partial charge in [0, 0.05) is 53.7 Å². The highest BCUT2D eigenvalue weighted by Crippen LogP contribution is 2.26. The first-order valence-corrected chi connectivity index (χ1v) is 9.61. The van der Waals surface area contributed by atoms with Gasteiger partial charge >= 0.3 is 6.03 Å². The van der Waals surface area contributed by atoms with Crippen molar-refractivity contribution in [1.29, 1.82) is 0 Å². The summed E-state index contributed by atoms with van der Waals surface area (Å²) in [4.78, 5) is 24.8. The third-order valence-corrected chi connectivity index (χ3v) is 4.45. The fourth-order valence-corrected chi connectivity index (χ4v) is 2.91. The number of ether oxygens (including phenoxy) is 2. The van der Waals surface area contributed by atoms with Crippen LogP contribution in [0, 0.1) is 0 Å². The molecule has 0 radical (unpaired) electrons. The van der Waals surface area contributed by atoms with E-state index in [4.69, 9.17) is 9.47 Å². The fourth-order valence-electron chi connectivity index (χ4n) is 2.91. The van der Waals surface area contributed by atoms with Crippen LogP contribution in [0.15, 0.2) is 73.6 Å². The summed E-state index contributed by atoms with van der Waals surface area (Å²) in [6, 6.07) is 13.8. The number of urea groups is 1. The number of carbonyl (C=O) groups is 1. The highest BCUT2D eigenvalue weighted by Gasteiger charge is 2.07. The van der Waals surface area contributed by atoms with E-state index in [0.29, 0.717) is 34.5 Å². The van der Waals surface area contributed by atoms with Gasteiger partial charge in [0.15, 0.2) is 0 Å². The molecule has 0 aliphatic rings. The summed E-state index contributed by atoms with van der Waals surface area (Å²) in [6.45, 7) is 0. The molecule has 0 bridgehead atoms. The first-order valence-electron chi connectivity index (χ1n) is 9.61. The van der Waals surface area contributed by atoms with Crippen molar-refractivity contribution in [3.63, 3.8) is 0 Å². The number of imidazole rings is 1. The molecule has 0 fully saturated rings. The van der Waals surface area contributed by atoms with Gasteiger partial charge in [-0.1, -0.05) is 0 Å². The molecule has 4 rings (SSSR count). The van der Waals surface area contributed by atoms with Gasteiger partial charge in [0.25, 0.3) is 0 Å². The van der Waals surface area contributed by atoms with Crippen LogP contribution in [0.1, 0.15) is 0 Å². The van der Waals surface area contributed by atoms with Gasteiger partial charge in [-0.3, -0.25) is 4.57 Å². The highest BCUT2D eigenvalue weighted by molar-refractivity contribution is 6.00. The lowest BCUT2D eigenvalue weighted by Crippen LogP contribution is -2.19. The van der Waals surface area contributed by atoms with Crippen LogP contribution in [-0.4, -0.2) is 39.8 Å². The minimum atomic E-state index is -0.387. The third-order valence-electron chi connectivity index (χ3n) is 4.45. The van der Waals surface area contributed by atoms with Gasteiger partial charge in [-0.15, -0.1) is 0 Å². The van der Waals surface area contributed by atoms with E-state index in [1.54, 1.807) is 67.8 Å². The molecule has 0 atom stereocenters. The molecule has 10 heteroatoms. The van der Waals surface area contributed by atoms with Crippen LogP contribution in [0.4, 0.5) is 27.7 Å². The second-order valence-corrected chi connectivity index (χ2v) is 6.61. The molecule has 32 heavy (non-hydrogen) atoms. The minimum Gasteiger partial charge on any atom is -0.497 e. The van der Waals surface area contributed by atoms with Crippen molar-refractivity contribution in [3.05, 3.63) is 73.6 Å². The molecule has 0 unspecified atom stereocenters. The molecule has 0 spiro atoms. The van der Waals surface area contributed by atoms with E-state index in [2.05, 4.69) is 30.9 Å². The molecule has 0 saturated carbocycles. The largest absolute Gasteiger partial charge is 0.497 e. The lowest BCUT2D eigenvalue weighted by Gasteiger charge is -2.11. The maximum Gasteiger partial charge on any atom is 0.323 e. The molecular formula is C22H21N7O3. The Bertz CT molecular complexity index is 1170. The molecule has 162 valence electrons. The molecule has 0 saturated heterocycles. The Balaban J connectivity index is 1.38. The van der Waals surface area contributed by atoms with E-state index < -0.39 is 0 Å². The first kappa shape index (κ1) is 20.7. The average molecular weight is 431 g/mol. The molecule has 10 nitrogen and oxygen atoms in total. The summed E-state index contributed by atoms with van der Waals surface area (Å²) < 4.78 is 12.2. The molecular weight excluding hydrogens is 410 g/mol. The molecule has 2 amide bonds. The number of nitrogens with zero attached hydrogens (tertiary/aromatic N) is 4. The number of hydrogen-bond donors (Lipinski definition) is 3. The molecule has 3 N–H and O–H groups in total. The fraction of sp³-hybridized carbons (Fsp3) is 0.0909. The van der Waals surface area contributed by atoms with Gasteiger partial charge in [0.05, 0.1) is 14.2 Å². The predicted octanol–water partition coefficient (Wildman–Crippen LogP) is 4.07. The maximum absolute atomic E-state index is 12.4. The standard InChI is InChI=1S/C22H21N7O3/c1-31-18-9-17(10-19(11-18)32-2)28-22(30)27-16-5-3-15(4-6-16)26-20-12-21(25-13-24-20)29-8-7-23-14-29/h3-14H,1-2H3,(H,24,25,26)(H2,27,28,30). The molecule has 2 aromatic carbocycles. The summed E-state index contributed by atoms with van der Waals surface area (Å²) >= 11 is 0. The Morgan fingerprint density at radius 2 is 1.56 bits per heavy atom. The summed E-state index contributed by atoms with van der Waals surface area (Å²) in [7, 11) is 3.10. The van der Waals surface area contributed by atoms with Crippen molar-refractivity contribution in [1.82, 2.24) is 19.5 Å². The van der Waals surface area contributed by atoms with E-state index in [0.717, 1.165) is 5.69 Å². The zero-order chi connectivity index (χ0) is 22.3. The van der Waals surface area contributed by atoms with E-state index in [-0.39, 0.29) is 6.03 Å². The number of aromatic nitrogens is 4. The van der Waals surface area contributed by atoms with Crippen LogP contribution >= 0.6 is 0 Å². The number of hydrogen-bond acceptors (Lipinski definition) is 7. The van der Waals surface area contributed by atoms with E-state index in [1.807, 2.05) is 18.2 Å². The summed E-state index contributed by atoms with van der Waals surface area (Å²) in [6.07, 6.45) is 6.63. The van der Waals surface area contributed by atoms with Crippen molar-refractivity contribution < 1.29 is 14.3 Å². The Morgan fingerprint density at radius 3 is 2.22 bits per heavy atom. The van der Waals surface area contributed by atoms with Gasteiger partial charge in [0.1, 0.15) is 35.8 Å². The van der Waals surface area contributed by atoms with Crippen LogP contribution in [0.25, 0.3) is 5.82 Å². The zero-order valence-electron chi connectivity index (χ0n) is 17.4. The number of nitrogens with one attached hydrogen (secondary N) is 3. The quantitative estimate of drug-likeness (QED) is 0.404. The second-order valence-electron chi connectivity index (χ2n) is 6.61. The molecule has 0 aliphatic heterocycles. The van der Waals surface area contributed by atoms with Crippen molar-refractivity contribution in [2.45, 2.75) is 0 Å². The normalized spacial score (nSPS) is 10.3. The van der Waals surface area contributed by atoms with Crippen molar-refractivity contribution >= 4 is 28.9 Å². The maximum atomic E-state index is 12.4. The van der Waals surface area contributed by atoms with Crippen molar-refractivity contribution in [2.24, 2.45) is 0 Å². The van der Waals surface area contributed by atoms with Crippen LogP contribution in [0.5, 0.6) is 11.5 Å². The van der Waals surface area contributed by atoms with E-state index in [1.165, 1.54) is 6.33 Å². The lowest BCUT2D eigenvalue weighted by molar-refractivity contribution is 0.262. The first-order chi connectivity index (χ1) is 15.6. The Labute approximate surface area is 184 Å². The monoisotopic (exact) mass is 431 g/mol. The van der Waals surface area contributed by atoms with Crippen LogP contribution in [0.3, 0.4) is 0 Å². The summed E-state index contributed by atoms with van der Waals surface area (Å²) in [5, 5.41) is 8.76. The topological polar surface area (TPSA) is 115 Å². The lowest BCUT2D eigenvalue weighted by atomic mass is 10.2. The average Bonchev–Trinajstić information content (AvgIpc) is 3.35. The molecule has 4 aromatic rings. The smallest absolute Gasteiger partial charge is 0.323 e. The van der Waals surface area contributed by atoms with Crippen molar-refractivity contribution in [3.8, 4) is 17.3 Å². The van der Waals surface area contributed by atoms with Crippen LogP contribution in [-0.2, 0) is 0 Å². The number of methoxy groups -OCH3 is 2. The van der Waals surface area contributed by atoms with Gasteiger partial charge in [-0.05, 0) is 24.3 Å². The Morgan fingerprint density at radius 1 is 0.875 bits per heavy atom. The highest BCUT2D eigenvalue weighted by atomic mass is 16.5. The number of anilines is 4. The number of rotatable bonds is 7. The Hall–Kier alpha value is -4.60. The van der Waals surface area contributed by atoms with Crippen LogP contribution in [0.2, 0.25) is 0 Å². The molecule has 2 heterocycles. The summed E-state index contributed by atoms with van der Waals surface area (Å²) in [5.41, 5.74) is 1.99. The van der Waals surface area contributed by atoms with Crippen LogP contribution < -0.4 is 25.4 Å². The van der Waals surface area contributed by atoms with Crippen molar-refractivity contribution in [2.75, 3.05) is 30.2 Å². The van der Waals surface area contributed by atoms with Gasteiger partial charge in [-0.2, -0.15) is 0 Å². The number of benzene rings is 2. The van der Waals surface area contributed by atoms with Gasteiger partial charge < -0.3 is 25.4 Å². The van der Waals surface area contributed by atoms with Gasteiger partial charge in [0.2, 0.25) is 0 Å². The zero-order valence-corrected chi connectivity index (χ0v) is 17.4.